The molecule has 0 aliphatic carbocycles. The molecular formula is C21H18F2N4S. The molecule has 2 aromatic carbocycles. The van der Waals surface area contributed by atoms with Crippen molar-refractivity contribution in [3.63, 3.8) is 0 Å². The van der Waals surface area contributed by atoms with Crippen molar-refractivity contribution in [2.24, 2.45) is 0 Å². The highest BCUT2D eigenvalue weighted by Crippen LogP contribution is 2.24. The first-order chi connectivity index (χ1) is 13.5. The van der Waals surface area contributed by atoms with Crippen LogP contribution >= 0.6 is 11.8 Å². The van der Waals surface area contributed by atoms with Gasteiger partial charge in [0.25, 0.3) is 5.78 Å². The molecule has 4 rings (SSSR count). The van der Waals surface area contributed by atoms with E-state index in [-0.39, 0.29) is 11.6 Å². The molecule has 28 heavy (non-hydrogen) atoms. The predicted molar refractivity (Wildman–Crippen MR) is 105 cm³/mol. The maximum atomic E-state index is 14.1. The molecule has 0 atom stereocenters. The van der Waals surface area contributed by atoms with Crippen molar-refractivity contribution in [2.45, 2.75) is 31.2 Å². The number of aryl methyl sites for hydroxylation is 2. The molecule has 0 fully saturated rings. The third-order valence-corrected chi connectivity index (χ3v) is 5.56. The van der Waals surface area contributed by atoms with Crippen molar-refractivity contribution in [3.8, 4) is 0 Å². The first-order valence-corrected chi connectivity index (χ1v) is 9.84. The van der Waals surface area contributed by atoms with Crippen LogP contribution in [0.1, 0.15) is 28.1 Å². The Morgan fingerprint density at radius 2 is 1.54 bits per heavy atom. The molecule has 4 nitrogen and oxygen atoms in total. The Morgan fingerprint density at radius 1 is 0.893 bits per heavy atom. The topological polar surface area (TPSA) is 43.1 Å². The van der Waals surface area contributed by atoms with E-state index in [0.29, 0.717) is 34.2 Å². The smallest absolute Gasteiger partial charge is 0.216 e. The van der Waals surface area contributed by atoms with E-state index in [9.17, 15) is 8.78 Å². The van der Waals surface area contributed by atoms with Gasteiger partial charge in [0.2, 0.25) is 5.16 Å². The van der Waals surface area contributed by atoms with Gasteiger partial charge >= 0.3 is 0 Å². The highest BCUT2D eigenvalue weighted by Gasteiger charge is 2.15. The zero-order valence-electron chi connectivity index (χ0n) is 15.5. The van der Waals surface area contributed by atoms with Crippen LogP contribution in [0.3, 0.4) is 0 Å². The van der Waals surface area contributed by atoms with Gasteiger partial charge in [0, 0.05) is 23.6 Å². The van der Waals surface area contributed by atoms with Gasteiger partial charge in [-0.05, 0) is 42.7 Å². The fourth-order valence-electron chi connectivity index (χ4n) is 3.10. The van der Waals surface area contributed by atoms with E-state index in [4.69, 9.17) is 0 Å². The maximum absolute atomic E-state index is 14.1. The van der Waals surface area contributed by atoms with Crippen LogP contribution in [0.5, 0.6) is 0 Å². The van der Waals surface area contributed by atoms with Crippen LogP contribution in [0.2, 0.25) is 0 Å². The van der Waals surface area contributed by atoms with E-state index in [1.807, 2.05) is 19.9 Å². The second kappa shape index (κ2) is 7.67. The van der Waals surface area contributed by atoms with Gasteiger partial charge in [-0.25, -0.2) is 18.3 Å². The molecule has 0 N–H and O–H groups in total. The lowest BCUT2D eigenvalue weighted by atomic mass is 10.0. The molecule has 0 radical (unpaired) electrons. The fraction of sp³-hybridized carbons (Fsp3) is 0.190. The Bertz CT molecular complexity index is 1160. The third-order valence-electron chi connectivity index (χ3n) is 4.67. The molecule has 0 saturated heterocycles. The lowest BCUT2D eigenvalue weighted by Gasteiger charge is -2.10. The molecule has 0 saturated carbocycles. The van der Waals surface area contributed by atoms with Gasteiger partial charge in [0.05, 0.1) is 0 Å². The average molecular weight is 396 g/mol. The number of fused-ring (bicyclic) bond motifs is 1. The standard InChI is InChI=1S/C21H18F2N4S/c1-13-17(11-15-7-3-5-9-18(15)22)14(2)27-20(24-13)25-21(26-27)28-12-16-8-4-6-10-19(16)23/h3-10H,11-12H2,1-2H3. The molecule has 7 heteroatoms. The summed E-state index contributed by atoms with van der Waals surface area (Å²) in [5.41, 5.74) is 3.81. The summed E-state index contributed by atoms with van der Waals surface area (Å²) < 4.78 is 29.5. The van der Waals surface area contributed by atoms with Crippen LogP contribution < -0.4 is 0 Å². The number of hydrogen-bond donors (Lipinski definition) is 0. The summed E-state index contributed by atoms with van der Waals surface area (Å²) in [5, 5.41) is 5.04. The molecule has 2 aromatic heterocycles. The molecule has 0 unspecified atom stereocenters. The Balaban J connectivity index is 1.64. The minimum Gasteiger partial charge on any atom is -0.216 e. The van der Waals surface area contributed by atoms with Crippen molar-refractivity contribution in [3.05, 3.63) is 88.2 Å². The van der Waals surface area contributed by atoms with E-state index in [1.165, 1.54) is 23.9 Å². The molecule has 142 valence electrons. The van der Waals surface area contributed by atoms with E-state index in [1.54, 1.807) is 34.8 Å². The fourth-order valence-corrected chi connectivity index (χ4v) is 3.90. The number of nitrogens with zero attached hydrogens (tertiary/aromatic N) is 4. The van der Waals surface area contributed by atoms with Crippen molar-refractivity contribution in [1.82, 2.24) is 19.6 Å². The number of aromatic nitrogens is 4. The molecule has 0 bridgehead atoms. The van der Waals surface area contributed by atoms with Gasteiger partial charge in [-0.1, -0.05) is 48.2 Å². The Kier molecular flexibility index (Phi) is 5.09. The maximum Gasteiger partial charge on any atom is 0.253 e. The van der Waals surface area contributed by atoms with Crippen molar-refractivity contribution < 1.29 is 8.78 Å². The van der Waals surface area contributed by atoms with E-state index in [0.717, 1.165) is 17.0 Å². The summed E-state index contributed by atoms with van der Waals surface area (Å²) in [4.78, 5) is 8.99. The highest BCUT2D eigenvalue weighted by atomic mass is 32.2. The second-order valence-electron chi connectivity index (χ2n) is 6.52. The van der Waals surface area contributed by atoms with Crippen LogP contribution in [-0.4, -0.2) is 19.6 Å². The zero-order chi connectivity index (χ0) is 19.7. The van der Waals surface area contributed by atoms with Crippen molar-refractivity contribution in [1.29, 1.82) is 0 Å². The average Bonchev–Trinajstić information content (AvgIpc) is 3.09. The monoisotopic (exact) mass is 396 g/mol. The van der Waals surface area contributed by atoms with Crippen LogP contribution in [0.15, 0.2) is 53.7 Å². The van der Waals surface area contributed by atoms with Gasteiger partial charge in [-0.2, -0.15) is 4.98 Å². The number of hydrogen-bond acceptors (Lipinski definition) is 4. The van der Waals surface area contributed by atoms with Gasteiger partial charge in [0.1, 0.15) is 11.6 Å². The minimum atomic E-state index is -0.240. The van der Waals surface area contributed by atoms with E-state index in [2.05, 4.69) is 15.1 Å². The summed E-state index contributed by atoms with van der Waals surface area (Å²) in [6.45, 7) is 3.82. The highest BCUT2D eigenvalue weighted by molar-refractivity contribution is 7.98. The molecule has 0 amide bonds. The second-order valence-corrected chi connectivity index (χ2v) is 7.46. The number of rotatable bonds is 5. The quantitative estimate of drug-likeness (QED) is 0.450. The number of thioether (sulfide) groups is 1. The molecule has 2 heterocycles. The van der Waals surface area contributed by atoms with E-state index >= 15 is 0 Å². The largest absolute Gasteiger partial charge is 0.253 e. The summed E-state index contributed by atoms with van der Waals surface area (Å²) in [6.07, 6.45) is 0.435. The van der Waals surface area contributed by atoms with Crippen molar-refractivity contribution in [2.75, 3.05) is 0 Å². The van der Waals surface area contributed by atoms with Crippen LogP contribution in [0.25, 0.3) is 5.78 Å². The third kappa shape index (κ3) is 3.62. The Morgan fingerprint density at radius 3 is 2.21 bits per heavy atom. The summed E-state index contributed by atoms with van der Waals surface area (Å²) in [6, 6.07) is 13.4. The molecule has 0 aliphatic rings. The zero-order valence-corrected chi connectivity index (χ0v) is 16.3. The van der Waals surface area contributed by atoms with Gasteiger partial charge < -0.3 is 0 Å². The lowest BCUT2D eigenvalue weighted by molar-refractivity contribution is 0.613. The molecule has 4 aromatic rings. The van der Waals surface area contributed by atoms with Crippen LogP contribution in [0.4, 0.5) is 8.78 Å². The van der Waals surface area contributed by atoms with Crippen LogP contribution in [-0.2, 0) is 12.2 Å². The normalized spacial score (nSPS) is 11.3. The lowest BCUT2D eigenvalue weighted by Crippen LogP contribution is -2.07. The number of benzene rings is 2. The summed E-state index contributed by atoms with van der Waals surface area (Å²) in [5.74, 6) is 0.449. The van der Waals surface area contributed by atoms with E-state index < -0.39 is 0 Å². The van der Waals surface area contributed by atoms with Gasteiger partial charge in [-0.3, -0.25) is 0 Å². The Labute approximate surface area is 165 Å². The Hall–Kier alpha value is -2.80. The van der Waals surface area contributed by atoms with Gasteiger partial charge in [-0.15, -0.1) is 5.10 Å². The van der Waals surface area contributed by atoms with Crippen molar-refractivity contribution >= 4 is 17.5 Å². The first-order valence-electron chi connectivity index (χ1n) is 8.85. The minimum absolute atomic E-state index is 0.235. The SMILES string of the molecule is Cc1nc2nc(SCc3ccccc3F)nn2c(C)c1Cc1ccccc1F. The summed E-state index contributed by atoms with van der Waals surface area (Å²) in [7, 11) is 0. The first kappa shape index (κ1) is 18.6. The molecular weight excluding hydrogens is 378 g/mol. The van der Waals surface area contributed by atoms with Gasteiger partial charge in [0.15, 0.2) is 0 Å². The number of halogens is 2. The molecule has 0 spiro atoms. The predicted octanol–water partition coefficient (Wildman–Crippen LogP) is 4.90. The van der Waals surface area contributed by atoms with Crippen LogP contribution in [0, 0.1) is 25.5 Å². The molecule has 0 aliphatic heterocycles. The summed E-state index contributed by atoms with van der Waals surface area (Å²) >= 11 is 1.36.